The van der Waals surface area contributed by atoms with Gasteiger partial charge in [-0.15, -0.1) is 0 Å². The fourth-order valence-electron chi connectivity index (χ4n) is 3.70. The molecule has 1 aromatic carbocycles. The fraction of sp³-hybridized carbons (Fsp3) is 0.263. The zero-order valence-corrected chi connectivity index (χ0v) is 11.2. The summed E-state index contributed by atoms with van der Waals surface area (Å²) in [7, 11) is 0. The molecular formula is C19H18. The van der Waals surface area contributed by atoms with Crippen molar-refractivity contribution in [3.63, 3.8) is 0 Å². The summed E-state index contributed by atoms with van der Waals surface area (Å²) in [5.74, 6) is 0. The summed E-state index contributed by atoms with van der Waals surface area (Å²) >= 11 is 0. The molecule has 0 heterocycles. The normalized spacial score (nSPS) is 24.9. The number of fused-ring (bicyclic) bond motifs is 2. The zero-order valence-electron chi connectivity index (χ0n) is 11.2. The van der Waals surface area contributed by atoms with E-state index in [0.29, 0.717) is 0 Å². The minimum atomic E-state index is 1.11. The molecule has 0 nitrogen and oxygen atoms in total. The van der Waals surface area contributed by atoms with E-state index >= 15 is 0 Å². The van der Waals surface area contributed by atoms with Crippen molar-refractivity contribution in [2.45, 2.75) is 32.1 Å². The molecule has 0 radical (unpaired) electrons. The number of allylic oxidation sites excluding steroid dienone is 7. The van der Waals surface area contributed by atoms with Crippen LogP contribution in [0.4, 0.5) is 0 Å². The Morgan fingerprint density at radius 3 is 2.63 bits per heavy atom. The minimum Gasteiger partial charge on any atom is -0.0909 e. The Kier molecular flexibility index (Phi) is 2.38. The number of rotatable bonds is 0. The van der Waals surface area contributed by atoms with Crippen molar-refractivity contribution in [1.29, 1.82) is 0 Å². The molecule has 0 amide bonds. The van der Waals surface area contributed by atoms with E-state index < -0.39 is 0 Å². The second-order valence-corrected chi connectivity index (χ2v) is 5.69. The third kappa shape index (κ3) is 1.59. The van der Waals surface area contributed by atoms with Crippen molar-refractivity contribution in [3.8, 4) is 0 Å². The Morgan fingerprint density at radius 1 is 0.895 bits per heavy atom. The molecule has 3 aliphatic rings. The van der Waals surface area contributed by atoms with Crippen LogP contribution in [0.3, 0.4) is 0 Å². The highest BCUT2D eigenvalue weighted by molar-refractivity contribution is 5.83. The van der Waals surface area contributed by atoms with Crippen molar-refractivity contribution < 1.29 is 0 Å². The van der Waals surface area contributed by atoms with Crippen molar-refractivity contribution >= 4 is 5.57 Å². The van der Waals surface area contributed by atoms with Crippen LogP contribution in [0.15, 0.2) is 65.3 Å². The lowest BCUT2D eigenvalue weighted by Gasteiger charge is -2.08. The van der Waals surface area contributed by atoms with E-state index in [2.05, 4.69) is 43.0 Å². The number of hydrogen-bond donors (Lipinski definition) is 0. The molecule has 0 N–H and O–H groups in total. The van der Waals surface area contributed by atoms with E-state index in [-0.39, 0.29) is 0 Å². The van der Waals surface area contributed by atoms with Gasteiger partial charge >= 0.3 is 0 Å². The molecule has 1 fully saturated rings. The number of aryl methyl sites for hydroxylation is 1. The van der Waals surface area contributed by atoms with Crippen molar-refractivity contribution in [3.05, 3.63) is 76.4 Å². The Balaban J connectivity index is 1.86. The summed E-state index contributed by atoms with van der Waals surface area (Å²) in [4.78, 5) is 0. The van der Waals surface area contributed by atoms with Gasteiger partial charge in [-0.3, -0.25) is 0 Å². The van der Waals surface area contributed by atoms with Gasteiger partial charge in [0.05, 0.1) is 0 Å². The summed E-state index contributed by atoms with van der Waals surface area (Å²) in [5.41, 5.74) is 10.3. The van der Waals surface area contributed by atoms with Crippen LogP contribution in [-0.2, 0) is 6.42 Å². The lowest BCUT2D eigenvalue weighted by molar-refractivity contribution is 0.997. The highest BCUT2D eigenvalue weighted by Crippen LogP contribution is 2.47. The largest absolute Gasteiger partial charge is 0.0909 e. The van der Waals surface area contributed by atoms with E-state index in [0.717, 1.165) is 6.42 Å². The Labute approximate surface area is 114 Å². The van der Waals surface area contributed by atoms with Crippen LogP contribution in [0.2, 0.25) is 0 Å². The summed E-state index contributed by atoms with van der Waals surface area (Å²) in [5, 5.41) is 0. The first kappa shape index (κ1) is 11.0. The van der Waals surface area contributed by atoms with Gasteiger partial charge in [0.1, 0.15) is 0 Å². The fourth-order valence-corrected chi connectivity index (χ4v) is 3.70. The molecule has 0 saturated heterocycles. The lowest BCUT2D eigenvalue weighted by Crippen LogP contribution is -1.88. The van der Waals surface area contributed by atoms with E-state index in [1.165, 1.54) is 59.1 Å². The van der Waals surface area contributed by atoms with Crippen molar-refractivity contribution in [2.24, 2.45) is 0 Å². The molecule has 1 saturated carbocycles. The molecule has 0 heteroatoms. The molecule has 0 bridgehead atoms. The Hall–Kier alpha value is -1.82. The first-order valence-electron chi connectivity index (χ1n) is 7.24. The second kappa shape index (κ2) is 4.09. The summed E-state index contributed by atoms with van der Waals surface area (Å²) < 4.78 is 0. The van der Waals surface area contributed by atoms with Gasteiger partial charge in [-0.05, 0) is 71.1 Å². The van der Waals surface area contributed by atoms with Crippen LogP contribution in [0.25, 0.3) is 5.57 Å². The van der Waals surface area contributed by atoms with Gasteiger partial charge < -0.3 is 0 Å². The molecule has 0 atom stereocenters. The van der Waals surface area contributed by atoms with E-state index in [1.807, 2.05) is 0 Å². The maximum Gasteiger partial charge on any atom is -0.00140 e. The average Bonchev–Trinajstić information content (AvgIpc) is 3.01. The molecule has 0 unspecified atom stereocenters. The van der Waals surface area contributed by atoms with Gasteiger partial charge in [0.15, 0.2) is 0 Å². The Bertz CT molecular complexity index is 665. The van der Waals surface area contributed by atoms with Crippen LogP contribution in [-0.4, -0.2) is 0 Å². The maximum absolute atomic E-state index is 4.37. The maximum atomic E-state index is 4.37. The standard InChI is InChI=1S/C19H18/c1-13-16-8-4-3-7-15(16)12-19(13)18-11-10-14-6-2-5-9-17(14)18/h2,5-9H,1,3-4,10-12H2/b19-18-. The Morgan fingerprint density at radius 2 is 1.74 bits per heavy atom. The van der Waals surface area contributed by atoms with E-state index in [1.54, 1.807) is 5.57 Å². The molecule has 4 rings (SSSR count). The predicted molar refractivity (Wildman–Crippen MR) is 80.8 cm³/mol. The average molecular weight is 246 g/mol. The first-order valence-corrected chi connectivity index (χ1v) is 7.24. The first-order chi connectivity index (χ1) is 9.34. The van der Waals surface area contributed by atoms with Crippen LogP contribution >= 0.6 is 0 Å². The molecule has 3 aliphatic carbocycles. The number of hydrogen-bond acceptors (Lipinski definition) is 0. The van der Waals surface area contributed by atoms with Crippen molar-refractivity contribution in [2.75, 3.05) is 0 Å². The quantitative estimate of drug-likeness (QED) is 0.604. The zero-order chi connectivity index (χ0) is 12.8. The summed E-state index contributed by atoms with van der Waals surface area (Å²) in [6, 6.07) is 8.86. The molecular weight excluding hydrogens is 228 g/mol. The number of benzene rings is 1. The molecule has 0 aliphatic heterocycles. The SMILES string of the molecule is C=C1C2=CCCC=C2C/C1=C1\CCc2ccccc21. The molecule has 94 valence electrons. The van der Waals surface area contributed by atoms with Crippen LogP contribution in [0.5, 0.6) is 0 Å². The van der Waals surface area contributed by atoms with E-state index in [4.69, 9.17) is 0 Å². The summed E-state index contributed by atoms with van der Waals surface area (Å²) in [6.45, 7) is 4.37. The highest BCUT2D eigenvalue weighted by Gasteiger charge is 2.28. The second-order valence-electron chi connectivity index (χ2n) is 5.69. The third-order valence-corrected chi connectivity index (χ3v) is 4.66. The molecule has 19 heavy (non-hydrogen) atoms. The van der Waals surface area contributed by atoms with Crippen LogP contribution in [0, 0.1) is 0 Å². The lowest BCUT2D eigenvalue weighted by atomic mass is 9.97. The van der Waals surface area contributed by atoms with Gasteiger partial charge in [-0.25, -0.2) is 0 Å². The van der Waals surface area contributed by atoms with Crippen molar-refractivity contribution in [1.82, 2.24) is 0 Å². The molecule has 0 aromatic heterocycles. The van der Waals surface area contributed by atoms with Crippen LogP contribution < -0.4 is 0 Å². The van der Waals surface area contributed by atoms with Gasteiger partial charge in [-0.1, -0.05) is 43.0 Å². The summed E-state index contributed by atoms with van der Waals surface area (Å²) in [6.07, 6.45) is 10.7. The monoisotopic (exact) mass is 246 g/mol. The van der Waals surface area contributed by atoms with Gasteiger partial charge in [0.2, 0.25) is 0 Å². The third-order valence-electron chi connectivity index (χ3n) is 4.66. The predicted octanol–water partition coefficient (Wildman–Crippen LogP) is 4.99. The highest BCUT2D eigenvalue weighted by atomic mass is 14.3. The van der Waals surface area contributed by atoms with E-state index in [9.17, 15) is 0 Å². The smallest absolute Gasteiger partial charge is 0.00140 e. The topological polar surface area (TPSA) is 0 Å². The van der Waals surface area contributed by atoms with Gasteiger partial charge in [-0.2, -0.15) is 0 Å². The van der Waals surface area contributed by atoms with Gasteiger partial charge in [0, 0.05) is 0 Å². The molecule has 0 spiro atoms. The minimum absolute atomic E-state index is 1.11. The van der Waals surface area contributed by atoms with Gasteiger partial charge in [0.25, 0.3) is 0 Å². The molecule has 1 aromatic rings. The van der Waals surface area contributed by atoms with Crippen LogP contribution in [0.1, 0.15) is 36.8 Å².